The summed E-state index contributed by atoms with van der Waals surface area (Å²) in [5, 5.41) is 8.27. The highest BCUT2D eigenvalue weighted by Crippen LogP contribution is 2.02. The predicted octanol–water partition coefficient (Wildman–Crippen LogP) is 1.01. The van der Waals surface area contributed by atoms with E-state index in [0.717, 1.165) is 0 Å². The van der Waals surface area contributed by atoms with E-state index in [2.05, 4.69) is 10.2 Å². The van der Waals surface area contributed by atoms with E-state index in [-0.39, 0.29) is 11.6 Å². The van der Waals surface area contributed by atoms with Crippen LogP contribution in [0.5, 0.6) is 0 Å². The molecule has 15 heavy (non-hydrogen) atoms. The smallest absolute Gasteiger partial charge is 0.267 e. The van der Waals surface area contributed by atoms with Gasteiger partial charge in [0.1, 0.15) is 0 Å². The molecule has 0 saturated heterocycles. The summed E-state index contributed by atoms with van der Waals surface area (Å²) in [6, 6.07) is 5.03. The molecular formula is C10H12N4O. The van der Waals surface area contributed by atoms with Crippen LogP contribution in [0.4, 0.5) is 0 Å². The molecule has 2 aromatic rings. The van der Waals surface area contributed by atoms with Crippen molar-refractivity contribution in [2.75, 3.05) is 0 Å². The Labute approximate surface area is 87.0 Å². The quantitative estimate of drug-likeness (QED) is 0.733. The van der Waals surface area contributed by atoms with Gasteiger partial charge in [-0.1, -0.05) is 0 Å². The van der Waals surface area contributed by atoms with Crippen LogP contribution < -0.4 is 5.56 Å². The Hall–Kier alpha value is -1.91. The van der Waals surface area contributed by atoms with Crippen molar-refractivity contribution in [1.82, 2.24) is 19.6 Å². The fourth-order valence-corrected chi connectivity index (χ4v) is 1.31. The largest absolute Gasteiger partial charge is 0.268 e. The van der Waals surface area contributed by atoms with E-state index >= 15 is 0 Å². The normalized spacial score (nSPS) is 10.9. The first-order chi connectivity index (χ1) is 7.18. The molecule has 2 rings (SSSR count). The monoisotopic (exact) mass is 204 g/mol. The minimum atomic E-state index is -0.0964. The van der Waals surface area contributed by atoms with Crippen LogP contribution in [0.3, 0.4) is 0 Å². The maximum atomic E-state index is 11.5. The van der Waals surface area contributed by atoms with E-state index in [0.29, 0.717) is 5.82 Å². The van der Waals surface area contributed by atoms with Crippen LogP contribution in [-0.2, 0) is 0 Å². The molecule has 0 fully saturated rings. The zero-order valence-corrected chi connectivity index (χ0v) is 8.66. The van der Waals surface area contributed by atoms with E-state index in [9.17, 15) is 4.79 Å². The van der Waals surface area contributed by atoms with Crippen molar-refractivity contribution in [2.45, 2.75) is 19.9 Å². The molecule has 2 heterocycles. The van der Waals surface area contributed by atoms with Crippen LogP contribution in [0, 0.1) is 0 Å². The Morgan fingerprint density at radius 2 is 2.13 bits per heavy atom. The molecule has 0 saturated carbocycles. The molecule has 5 nitrogen and oxygen atoms in total. The molecule has 0 aromatic carbocycles. The molecule has 0 atom stereocenters. The number of rotatable bonds is 2. The van der Waals surface area contributed by atoms with Crippen LogP contribution in [-0.4, -0.2) is 19.6 Å². The minimum absolute atomic E-state index is 0.0491. The Bertz CT molecular complexity index is 498. The SMILES string of the molecule is CC(C)n1nc(-n2cccn2)ccc1=O. The molecule has 0 bridgehead atoms. The van der Waals surface area contributed by atoms with Gasteiger partial charge in [0, 0.05) is 18.5 Å². The van der Waals surface area contributed by atoms with Crippen molar-refractivity contribution < 1.29 is 0 Å². The van der Waals surface area contributed by atoms with E-state index in [1.54, 1.807) is 23.1 Å². The van der Waals surface area contributed by atoms with Gasteiger partial charge in [-0.3, -0.25) is 4.79 Å². The first kappa shape index (κ1) is 9.64. The van der Waals surface area contributed by atoms with Crippen LogP contribution in [0.25, 0.3) is 5.82 Å². The lowest BCUT2D eigenvalue weighted by molar-refractivity contribution is 0.496. The molecule has 0 aliphatic heterocycles. The molecule has 0 amide bonds. The summed E-state index contributed by atoms with van der Waals surface area (Å²) in [4.78, 5) is 11.5. The lowest BCUT2D eigenvalue weighted by Gasteiger charge is -2.09. The Morgan fingerprint density at radius 3 is 2.73 bits per heavy atom. The third kappa shape index (κ3) is 1.81. The van der Waals surface area contributed by atoms with E-state index in [1.807, 2.05) is 19.9 Å². The van der Waals surface area contributed by atoms with Gasteiger partial charge in [0.25, 0.3) is 5.56 Å². The van der Waals surface area contributed by atoms with Gasteiger partial charge in [0.2, 0.25) is 0 Å². The molecular weight excluding hydrogens is 192 g/mol. The van der Waals surface area contributed by atoms with E-state index in [1.165, 1.54) is 10.7 Å². The van der Waals surface area contributed by atoms with E-state index < -0.39 is 0 Å². The van der Waals surface area contributed by atoms with Gasteiger partial charge in [-0.2, -0.15) is 5.10 Å². The van der Waals surface area contributed by atoms with E-state index in [4.69, 9.17) is 0 Å². The second-order valence-electron chi connectivity index (χ2n) is 3.52. The summed E-state index contributed by atoms with van der Waals surface area (Å²) >= 11 is 0. The van der Waals surface area contributed by atoms with Gasteiger partial charge in [-0.25, -0.2) is 9.36 Å². The first-order valence-corrected chi connectivity index (χ1v) is 4.78. The number of aromatic nitrogens is 4. The topological polar surface area (TPSA) is 52.7 Å². The molecule has 0 unspecified atom stereocenters. The van der Waals surface area contributed by atoms with Crippen LogP contribution in [0.2, 0.25) is 0 Å². The van der Waals surface area contributed by atoms with Crippen molar-refractivity contribution in [3.8, 4) is 5.82 Å². The fraction of sp³-hybridized carbons (Fsp3) is 0.300. The van der Waals surface area contributed by atoms with Crippen LogP contribution in [0.1, 0.15) is 19.9 Å². The first-order valence-electron chi connectivity index (χ1n) is 4.78. The van der Waals surface area contributed by atoms with Crippen LogP contribution >= 0.6 is 0 Å². The molecule has 0 radical (unpaired) electrons. The van der Waals surface area contributed by atoms with Gasteiger partial charge in [-0.15, -0.1) is 5.10 Å². The Morgan fingerprint density at radius 1 is 1.33 bits per heavy atom. The van der Waals surface area contributed by atoms with Gasteiger partial charge >= 0.3 is 0 Å². The van der Waals surface area contributed by atoms with Crippen molar-refractivity contribution in [3.05, 3.63) is 40.9 Å². The van der Waals surface area contributed by atoms with Gasteiger partial charge < -0.3 is 0 Å². The average Bonchev–Trinajstić information content (AvgIpc) is 2.71. The summed E-state index contributed by atoms with van der Waals surface area (Å²) in [6.07, 6.45) is 3.46. The Balaban J connectivity index is 2.53. The molecule has 0 aliphatic rings. The number of hydrogen-bond donors (Lipinski definition) is 0. The fourth-order valence-electron chi connectivity index (χ4n) is 1.31. The second-order valence-corrected chi connectivity index (χ2v) is 3.52. The standard InChI is InChI=1S/C10H12N4O/c1-8(2)14-10(15)5-4-9(12-14)13-7-3-6-11-13/h3-8H,1-2H3. The summed E-state index contributed by atoms with van der Waals surface area (Å²) in [5.41, 5.74) is -0.0964. The maximum absolute atomic E-state index is 11.5. The summed E-state index contributed by atoms with van der Waals surface area (Å²) < 4.78 is 3.06. The lowest BCUT2D eigenvalue weighted by atomic mass is 10.4. The average molecular weight is 204 g/mol. The van der Waals surface area contributed by atoms with Gasteiger partial charge in [0.05, 0.1) is 6.04 Å². The van der Waals surface area contributed by atoms with Crippen molar-refractivity contribution >= 4 is 0 Å². The summed E-state index contributed by atoms with van der Waals surface area (Å²) in [7, 11) is 0. The molecule has 5 heteroatoms. The zero-order chi connectivity index (χ0) is 10.8. The molecule has 78 valence electrons. The second kappa shape index (κ2) is 3.68. The number of nitrogens with zero attached hydrogens (tertiary/aromatic N) is 4. The van der Waals surface area contributed by atoms with Gasteiger partial charge in [0.15, 0.2) is 5.82 Å². The van der Waals surface area contributed by atoms with Crippen LogP contribution in [0.15, 0.2) is 35.4 Å². The summed E-state index contributed by atoms with van der Waals surface area (Å²) in [5.74, 6) is 0.647. The highest BCUT2D eigenvalue weighted by Gasteiger charge is 2.04. The highest BCUT2D eigenvalue weighted by molar-refractivity contribution is 5.17. The predicted molar refractivity (Wildman–Crippen MR) is 56.0 cm³/mol. The lowest BCUT2D eigenvalue weighted by Crippen LogP contribution is -2.25. The summed E-state index contributed by atoms with van der Waals surface area (Å²) in [6.45, 7) is 3.84. The Kier molecular flexibility index (Phi) is 2.37. The highest BCUT2D eigenvalue weighted by atomic mass is 16.1. The molecule has 0 aliphatic carbocycles. The molecule has 0 spiro atoms. The zero-order valence-electron chi connectivity index (χ0n) is 8.66. The van der Waals surface area contributed by atoms with Crippen molar-refractivity contribution in [2.24, 2.45) is 0 Å². The maximum Gasteiger partial charge on any atom is 0.267 e. The van der Waals surface area contributed by atoms with Crippen molar-refractivity contribution in [1.29, 1.82) is 0 Å². The number of hydrogen-bond acceptors (Lipinski definition) is 3. The third-order valence-electron chi connectivity index (χ3n) is 2.04. The van der Waals surface area contributed by atoms with Crippen molar-refractivity contribution in [3.63, 3.8) is 0 Å². The third-order valence-corrected chi connectivity index (χ3v) is 2.04. The molecule has 2 aromatic heterocycles. The van der Waals surface area contributed by atoms with Gasteiger partial charge in [-0.05, 0) is 26.0 Å². The minimum Gasteiger partial charge on any atom is -0.268 e. The molecule has 0 N–H and O–H groups in total.